The summed E-state index contributed by atoms with van der Waals surface area (Å²) in [5.41, 5.74) is 5.21. The molecule has 0 aliphatic rings. The van der Waals surface area contributed by atoms with Gasteiger partial charge in [-0.1, -0.05) is 22.6 Å². The second-order valence-electron chi connectivity index (χ2n) is 3.63. The van der Waals surface area contributed by atoms with Gasteiger partial charge in [-0.2, -0.15) is 0 Å². The fraction of sp³-hybridized carbons (Fsp3) is 0.778. The van der Waals surface area contributed by atoms with Crippen LogP contribution in [0, 0.1) is 0 Å². The van der Waals surface area contributed by atoms with Gasteiger partial charge in [0.1, 0.15) is 6.04 Å². The highest BCUT2D eigenvalue weighted by Gasteiger charge is 2.30. The SMILES string of the molecule is CC(C)N(C(C)I)C(CC(=O)O)C(N)=O. The number of hydrogen-bond donors (Lipinski definition) is 2. The average molecular weight is 328 g/mol. The first kappa shape index (κ1) is 14.6. The van der Waals surface area contributed by atoms with Crippen molar-refractivity contribution in [2.24, 2.45) is 5.73 Å². The molecule has 0 spiro atoms. The van der Waals surface area contributed by atoms with Gasteiger partial charge in [-0.25, -0.2) is 0 Å². The van der Waals surface area contributed by atoms with Gasteiger partial charge in [0.05, 0.1) is 10.5 Å². The van der Waals surface area contributed by atoms with Crippen LogP contribution in [0.1, 0.15) is 27.2 Å². The lowest BCUT2D eigenvalue weighted by Crippen LogP contribution is -2.51. The van der Waals surface area contributed by atoms with E-state index in [9.17, 15) is 9.59 Å². The quantitative estimate of drug-likeness (QED) is 0.429. The van der Waals surface area contributed by atoms with Crippen LogP contribution in [0.4, 0.5) is 0 Å². The molecule has 5 nitrogen and oxygen atoms in total. The van der Waals surface area contributed by atoms with E-state index in [-0.39, 0.29) is 16.5 Å². The predicted molar refractivity (Wildman–Crippen MR) is 65.7 cm³/mol. The van der Waals surface area contributed by atoms with Crippen molar-refractivity contribution in [3.05, 3.63) is 0 Å². The van der Waals surface area contributed by atoms with E-state index in [0.717, 1.165) is 0 Å². The summed E-state index contributed by atoms with van der Waals surface area (Å²) in [6, 6.07) is -0.664. The molecule has 2 atom stereocenters. The smallest absolute Gasteiger partial charge is 0.305 e. The molecule has 0 rings (SSSR count). The fourth-order valence-electron chi connectivity index (χ4n) is 1.54. The van der Waals surface area contributed by atoms with Gasteiger partial charge in [0.15, 0.2) is 0 Å². The number of alkyl halides is 1. The molecule has 6 heteroatoms. The maximum Gasteiger partial charge on any atom is 0.305 e. The summed E-state index contributed by atoms with van der Waals surface area (Å²) in [5.74, 6) is -1.60. The van der Waals surface area contributed by atoms with E-state index < -0.39 is 17.9 Å². The van der Waals surface area contributed by atoms with E-state index in [4.69, 9.17) is 10.8 Å². The molecule has 0 aromatic heterocycles. The molecule has 0 aromatic carbocycles. The summed E-state index contributed by atoms with van der Waals surface area (Å²) in [7, 11) is 0. The van der Waals surface area contributed by atoms with Crippen molar-refractivity contribution < 1.29 is 14.7 Å². The van der Waals surface area contributed by atoms with Crippen LogP contribution in [0.25, 0.3) is 0 Å². The van der Waals surface area contributed by atoms with E-state index >= 15 is 0 Å². The number of hydrogen-bond acceptors (Lipinski definition) is 3. The minimum atomic E-state index is -1.01. The maximum atomic E-state index is 11.2. The van der Waals surface area contributed by atoms with E-state index in [0.29, 0.717) is 0 Å². The lowest BCUT2D eigenvalue weighted by atomic mass is 10.1. The number of halogens is 1. The van der Waals surface area contributed by atoms with Crippen molar-refractivity contribution in [1.82, 2.24) is 4.90 Å². The highest BCUT2D eigenvalue weighted by atomic mass is 127. The largest absolute Gasteiger partial charge is 0.481 e. The van der Waals surface area contributed by atoms with E-state index in [1.54, 1.807) is 4.90 Å². The summed E-state index contributed by atoms with van der Waals surface area (Å²) >= 11 is 2.14. The molecule has 0 aliphatic heterocycles. The molecular weight excluding hydrogens is 311 g/mol. The Hall–Kier alpha value is -0.370. The van der Waals surface area contributed by atoms with Crippen LogP contribution < -0.4 is 5.73 Å². The lowest BCUT2D eigenvalue weighted by Gasteiger charge is -2.34. The zero-order chi connectivity index (χ0) is 12.2. The minimum absolute atomic E-state index is 0.0550. The van der Waals surface area contributed by atoms with E-state index in [2.05, 4.69) is 22.6 Å². The molecule has 0 saturated carbocycles. The van der Waals surface area contributed by atoms with Crippen LogP contribution in [0.5, 0.6) is 0 Å². The van der Waals surface area contributed by atoms with Gasteiger partial charge in [0.25, 0.3) is 0 Å². The first-order valence-corrected chi connectivity index (χ1v) is 5.94. The summed E-state index contributed by atoms with van der Waals surface area (Å²) in [6.07, 6.45) is -0.249. The third-order valence-corrected chi connectivity index (χ3v) is 2.71. The number of nitrogens with zero attached hydrogens (tertiary/aromatic N) is 1. The Balaban J connectivity index is 4.84. The normalized spacial score (nSPS) is 15.3. The molecule has 0 saturated heterocycles. The maximum absolute atomic E-state index is 11.2. The summed E-state index contributed by atoms with van der Waals surface area (Å²) in [6.45, 7) is 5.72. The van der Waals surface area contributed by atoms with Crippen LogP contribution in [-0.2, 0) is 9.59 Å². The molecule has 0 aliphatic carbocycles. The van der Waals surface area contributed by atoms with Gasteiger partial charge in [-0.15, -0.1) is 0 Å². The Morgan fingerprint density at radius 2 is 1.87 bits per heavy atom. The molecule has 1 amide bonds. The monoisotopic (exact) mass is 328 g/mol. The zero-order valence-electron chi connectivity index (χ0n) is 9.11. The number of aliphatic carboxylic acids is 1. The fourth-order valence-corrected chi connectivity index (χ4v) is 2.57. The molecule has 2 unspecified atom stereocenters. The number of amides is 1. The van der Waals surface area contributed by atoms with Crippen LogP contribution in [0.3, 0.4) is 0 Å². The number of nitrogens with two attached hydrogens (primary N) is 1. The molecule has 0 aromatic rings. The standard InChI is InChI=1S/C9H17IN2O3/c1-5(2)12(6(3)10)7(9(11)15)4-8(13)14/h5-7H,4H2,1-3H3,(H2,11,15)(H,13,14). The van der Waals surface area contributed by atoms with Crippen LogP contribution in [0.2, 0.25) is 0 Å². The molecule has 0 bridgehead atoms. The van der Waals surface area contributed by atoms with Gasteiger partial charge in [-0.05, 0) is 20.8 Å². The summed E-state index contributed by atoms with van der Waals surface area (Å²) in [4.78, 5) is 23.6. The van der Waals surface area contributed by atoms with E-state index in [1.165, 1.54) is 0 Å². The Labute approximate surface area is 103 Å². The number of carbonyl (C=O) groups excluding carboxylic acids is 1. The minimum Gasteiger partial charge on any atom is -0.481 e. The second kappa shape index (κ2) is 6.26. The van der Waals surface area contributed by atoms with E-state index in [1.807, 2.05) is 20.8 Å². The predicted octanol–water partition coefficient (Wildman–Crippen LogP) is 0.806. The molecular formula is C9H17IN2O3. The molecule has 0 heterocycles. The summed E-state index contributed by atoms with van der Waals surface area (Å²) < 4.78 is 0.0550. The number of carboxylic acid groups (broad SMARTS) is 1. The first-order valence-electron chi connectivity index (χ1n) is 4.70. The van der Waals surface area contributed by atoms with Crippen LogP contribution in [-0.4, -0.2) is 38.0 Å². The van der Waals surface area contributed by atoms with Gasteiger partial charge in [0.2, 0.25) is 5.91 Å². The van der Waals surface area contributed by atoms with Crippen LogP contribution >= 0.6 is 22.6 Å². The molecule has 88 valence electrons. The van der Waals surface area contributed by atoms with Gasteiger partial charge in [0, 0.05) is 6.04 Å². The van der Waals surface area contributed by atoms with Crippen molar-refractivity contribution >= 4 is 34.5 Å². The Bertz CT molecular complexity index is 236. The van der Waals surface area contributed by atoms with Gasteiger partial charge in [-0.3, -0.25) is 14.5 Å². The first-order chi connectivity index (χ1) is 6.77. The molecule has 0 radical (unpaired) electrons. The van der Waals surface area contributed by atoms with Crippen LogP contribution in [0.15, 0.2) is 0 Å². The lowest BCUT2D eigenvalue weighted by molar-refractivity contribution is -0.141. The number of rotatable bonds is 6. The van der Waals surface area contributed by atoms with Crippen molar-refractivity contribution in [2.75, 3.05) is 0 Å². The highest BCUT2D eigenvalue weighted by molar-refractivity contribution is 14.1. The summed E-state index contributed by atoms with van der Waals surface area (Å²) in [5, 5.41) is 8.71. The van der Waals surface area contributed by atoms with Gasteiger partial charge < -0.3 is 10.8 Å². The third kappa shape index (κ3) is 4.78. The number of carbonyl (C=O) groups is 2. The number of primary amides is 1. The van der Waals surface area contributed by atoms with Crippen molar-refractivity contribution in [1.29, 1.82) is 0 Å². The molecule has 15 heavy (non-hydrogen) atoms. The second-order valence-corrected chi connectivity index (χ2v) is 5.43. The van der Waals surface area contributed by atoms with Crippen molar-refractivity contribution in [3.63, 3.8) is 0 Å². The Morgan fingerprint density at radius 3 is 2.07 bits per heavy atom. The zero-order valence-corrected chi connectivity index (χ0v) is 11.3. The van der Waals surface area contributed by atoms with Gasteiger partial charge >= 0.3 is 5.97 Å². The molecule has 0 fully saturated rings. The third-order valence-electron chi connectivity index (χ3n) is 2.06. The van der Waals surface area contributed by atoms with Crippen molar-refractivity contribution in [3.8, 4) is 0 Å². The van der Waals surface area contributed by atoms with Crippen molar-refractivity contribution in [2.45, 2.75) is 43.3 Å². The molecule has 3 N–H and O–H groups in total. The highest BCUT2D eigenvalue weighted by Crippen LogP contribution is 2.18. The average Bonchev–Trinajstić information content (AvgIpc) is 2.00. The Morgan fingerprint density at radius 1 is 1.40 bits per heavy atom. The topological polar surface area (TPSA) is 83.6 Å². The Kier molecular flexibility index (Phi) is 6.11. The number of carboxylic acids is 1.